The third-order valence-corrected chi connectivity index (χ3v) is 4.96. The second-order valence-corrected chi connectivity index (χ2v) is 7.39. The molecular weight excluding hydrogens is 322 g/mol. The van der Waals surface area contributed by atoms with Crippen LogP contribution in [0.25, 0.3) is 0 Å². The van der Waals surface area contributed by atoms with Crippen molar-refractivity contribution in [1.82, 2.24) is 4.98 Å². The van der Waals surface area contributed by atoms with Crippen molar-refractivity contribution in [3.8, 4) is 0 Å². The molecule has 1 aromatic rings. The number of rotatable bonds is 14. The molecule has 0 aliphatic rings. The van der Waals surface area contributed by atoms with E-state index in [9.17, 15) is 4.79 Å². The van der Waals surface area contributed by atoms with Gasteiger partial charge in [0.05, 0.1) is 0 Å². The summed E-state index contributed by atoms with van der Waals surface area (Å²) in [6, 6.07) is 4.06. The molecular formula is C23H37NO2. The fourth-order valence-electron chi connectivity index (χ4n) is 3.31. The van der Waals surface area contributed by atoms with Gasteiger partial charge in [0.15, 0.2) is 0 Å². The van der Waals surface area contributed by atoms with Crippen LogP contribution in [0.5, 0.6) is 0 Å². The van der Waals surface area contributed by atoms with Crippen LogP contribution in [0.3, 0.4) is 0 Å². The molecule has 0 aliphatic carbocycles. The van der Waals surface area contributed by atoms with Crippen LogP contribution in [0.4, 0.5) is 0 Å². The predicted molar refractivity (Wildman–Crippen MR) is 109 cm³/mol. The second-order valence-electron chi connectivity index (χ2n) is 7.39. The molecule has 2 unspecified atom stereocenters. The molecule has 0 aromatic carbocycles. The van der Waals surface area contributed by atoms with Gasteiger partial charge in [0.2, 0.25) is 0 Å². The first kappa shape index (κ1) is 22.4. The standard InChI is InChI=1S/C23H37NO2/c1-5-6-7-8-9-10-11-12-13-14-22(21-15-17-24-18-16-21)20(4)26-23(25)19(2)3/h15-18,20,22H,2,5-14H2,1,3-4H3. The molecule has 0 N–H and O–H groups in total. The van der Waals surface area contributed by atoms with Gasteiger partial charge in [0.1, 0.15) is 6.10 Å². The van der Waals surface area contributed by atoms with E-state index in [-0.39, 0.29) is 18.0 Å². The zero-order chi connectivity index (χ0) is 19.2. The van der Waals surface area contributed by atoms with Gasteiger partial charge >= 0.3 is 5.97 Å². The van der Waals surface area contributed by atoms with Gasteiger partial charge in [0.25, 0.3) is 0 Å². The Morgan fingerprint density at radius 1 is 1.04 bits per heavy atom. The fourth-order valence-corrected chi connectivity index (χ4v) is 3.31. The topological polar surface area (TPSA) is 39.2 Å². The van der Waals surface area contributed by atoms with E-state index in [4.69, 9.17) is 4.74 Å². The Hall–Kier alpha value is -1.64. The van der Waals surface area contributed by atoms with Crippen LogP contribution >= 0.6 is 0 Å². The van der Waals surface area contributed by atoms with Gasteiger partial charge in [-0.3, -0.25) is 4.98 Å². The average molecular weight is 360 g/mol. The SMILES string of the molecule is C=C(C)C(=O)OC(C)C(CCCCCCCCCCC)c1ccncc1. The number of esters is 1. The monoisotopic (exact) mass is 359 g/mol. The smallest absolute Gasteiger partial charge is 0.333 e. The van der Waals surface area contributed by atoms with Gasteiger partial charge in [-0.1, -0.05) is 71.3 Å². The number of hydrogen-bond acceptors (Lipinski definition) is 3. The van der Waals surface area contributed by atoms with Crippen molar-refractivity contribution < 1.29 is 9.53 Å². The summed E-state index contributed by atoms with van der Waals surface area (Å²) in [5.41, 5.74) is 1.65. The third-order valence-electron chi connectivity index (χ3n) is 4.96. The molecule has 3 nitrogen and oxygen atoms in total. The summed E-state index contributed by atoms with van der Waals surface area (Å²) in [5.74, 6) is -0.0884. The Balaban J connectivity index is 2.41. The summed E-state index contributed by atoms with van der Waals surface area (Å²) in [6.45, 7) is 9.61. The van der Waals surface area contributed by atoms with Crippen molar-refractivity contribution in [2.75, 3.05) is 0 Å². The van der Waals surface area contributed by atoms with Gasteiger partial charge in [0, 0.05) is 23.9 Å². The number of pyridine rings is 1. The van der Waals surface area contributed by atoms with Crippen LogP contribution in [0.2, 0.25) is 0 Å². The lowest BCUT2D eigenvalue weighted by Gasteiger charge is -2.24. The highest BCUT2D eigenvalue weighted by atomic mass is 16.5. The second kappa shape index (κ2) is 13.5. The van der Waals surface area contributed by atoms with Gasteiger partial charge in [-0.2, -0.15) is 0 Å². The minimum absolute atomic E-state index is 0.157. The Morgan fingerprint density at radius 3 is 2.12 bits per heavy atom. The summed E-state index contributed by atoms with van der Waals surface area (Å²) in [7, 11) is 0. The van der Waals surface area contributed by atoms with Crippen LogP contribution in [0.15, 0.2) is 36.7 Å². The largest absolute Gasteiger partial charge is 0.459 e. The Labute approximate surface area is 160 Å². The Bertz CT molecular complexity index is 512. The summed E-state index contributed by atoms with van der Waals surface area (Å²) in [6.07, 6.45) is 16.3. The minimum atomic E-state index is -0.302. The molecule has 0 spiro atoms. The number of ether oxygens (including phenoxy) is 1. The molecule has 0 aliphatic heterocycles. The fraction of sp³-hybridized carbons (Fsp3) is 0.652. The van der Waals surface area contributed by atoms with E-state index in [1.807, 2.05) is 31.5 Å². The lowest BCUT2D eigenvalue weighted by molar-refractivity contribution is -0.144. The van der Waals surface area contributed by atoms with Gasteiger partial charge < -0.3 is 4.74 Å². The van der Waals surface area contributed by atoms with Gasteiger partial charge in [-0.25, -0.2) is 4.79 Å². The molecule has 0 saturated heterocycles. The lowest BCUT2D eigenvalue weighted by atomic mass is 9.89. The molecule has 0 radical (unpaired) electrons. The van der Waals surface area contributed by atoms with Crippen molar-refractivity contribution in [3.63, 3.8) is 0 Å². The van der Waals surface area contributed by atoms with E-state index in [0.717, 1.165) is 12.8 Å². The first-order valence-corrected chi connectivity index (χ1v) is 10.3. The van der Waals surface area contributed by atoms with Crippen LogP contribution in [0.1, 0.15) is 96.5 Å². The van der Waals surface area contributed by atoms with Crippen LogP contribution in [-0.4, -0.2) is 17.1 Å². The number of aromatic nitrogens is 1. The molecule has 146 valence electrons. The molecule has 0 saturated carbocycles. The predicted octanol–water partition coefficient (Wildman–Crippen LogP) is 6.59. The molecule has 1 aromatic heterocycles. The summed E-state index contributed by atoms with van der Waals surface area (Å²) >= 11 is 0. The maximum Gasteiger partial charge on any atom is 0.333 e. The van der Waals surface area contributed by atoms with E-state index >= 15 is 0 Å². The van der Waals surface area contributed by atoms with Crippen LogP contribution < -0.4 is 0 Å². The van der Waals surface area contributed by atoms with Crippen molar-refractivity contribution in [2.24, 2.45) is 0 Å². The average Bonchev–Trinajstić information content (AvgIpc) is 2.63. The molecule has 26 heavy (non-hydrogen) atoms. The quantitative estimate of drug-likeness (QED) is 0.213. The van der Waals surface area contributed by atoms with E-state index in [1.54, 1.807) is 6.92 Å². The van der Waals surface area contributed by atoms with Crippen LogP contribution in [-0.2, 0) is 9.53 Å². The van der Waals surface area contributed by atoms with Crippen molar-refractivity contribution in [2.45, 2.75) is 97.0 Å². The van der Waals surface area contributed by atoms with E-state index in [0.29, 0.717) is 5.57 Å². The number of carbonyl (C=O) groups excluding carboxylic acids is 1. The molecule has 0 fully saturated rings. The summed E-state index contributed by atoms with van der Waals surface area (Å²) in [4.78, 5) is 16.0. The van der Waals surface area contributed by atoms with E-state index < -0.39 is 0 Å². The number of unbranched alkanes of at least 4 members (excludes halogenated alkanes) is 8. The first-order valence-electron chi connectivity index (χ1n) is 10.3. The molecule has 0 bridgehead atoms. The lowest BCUT2D eigenvalue weighted by Crippen LogP contribution is -2.23. The minimum Gasteiger partial charge on any atom is -0.459 e. The van der Waals surface area contributed by atoms with Crippen molar-refractivity contribution in [1.29, 1.82) is 0 Å². The number of nitrogens with zero attached hydrogens (tertiary/aromatic N) is 1. The highest BCUT2D eigenvalue weighted by Crippen LogP contribution is 2.28. The van der Waals surface area contributed by atoms with Crippen molar-refractivity contribution in [3.05, 3.63) is 42.2 Å². The van der Waals surface area contributed by atoms with Crippen LogP contribution in [0, 0.1) is 0 Å². The molecule has 0 amide bonds. The Kier molecular flexibility index (Phi) is 11.7. The molecule has 1 heterocycles. The zero-order valence-electron chi connectivity index (χ0n) is 17.0. The maximum atomic E-state index is 11.9. The van der Waals surface area contributed by atoms with Gasteiger partial charge in [-0.15, -0.1) is 0 Å². The van der Waals surface area contributed by atoms with E-state index in [2.05, 4.69) is 18.5 Å². The third kappa shape index (κ3) is 9.17. The summed E-state index contributed by atoms with van der Waals surface area (Å²) < 4.78 is 5.60. The molecule has 2 atom stereocenters. The normalized spacial score (nSPS) is 13.2. The number of carbonyl (C=O) groups is 1. The zero-order valence-corrected chi connectivity index (χ0v) is 17.0. The molecule has 3 heteroatoms. The Morgan fingerprint density at radius 2 is 1.58 bits per heavy atom. The first-order chi connectivity index (χ1) is 12.6. The highest BCUT2D eigenvalue weighted by molar-refractivity contribution is 5.87. The van der Waals surface area contributed by atoms with Crippen molar-refractivity contribution >= 4 is 5.97 Å². The number of hydrogen-bond donors (Lipinski definition) is 0. The highest BCUT2D eigenvalue weighted by Gasteiger charge is 2.22. The maximum absolute atomic E-state index is 11.9. The summed E-state index contributed by atoms with van der Waals surface area (Å²) in [5, 5.41) is 0. The van der Waals surface area contributed by atoms with E-state index in [1.165, 1.54) is 56.9 Å². The molecule has 1 rings (SSSR count). The van der Waals surface area contributed by atoms with Gasteiger partial charge in [-0.05, 0) is 38.0 Å².